The Hall–Kier alpha value is -0.570. The summed E-state index contributed by atoms with van der Waals surface area (Å²) < 4.78 is 5.23. The van der Waals surface area contributed by atoms with Gasteiger partial charge in [-0.25, -0.2) is 0 Å². The molecule has 0 bridgehead atoms. The summed E-state index contributed by atoms with van der Waals surface area (Å²) in [6.45, 7) is 3.65. The van der Waals surface area contributed by atoms with Crippen LogP contribution >= 0.6 is 0 Å². The maximum Gasteiger partial charge on any atom is 0.307 e. The van der Waals surface area contributed by atoms with Crippen molar-refractivity contribution in [2.45, 2.75) is 96.8 Å². The summed E-state index contributed by atoms with van der Waals surface area (Å²) in [7, 11) is 3.94. The summed E-state index contributed by atoms with van der Waals surface area (Å²) in [6.07, 6.45) is 18.0. The molecule has 0 fully saturated rings. The summed E-state index contributed by atoms with van der Waals surface area (Å²) in [6, 6.07) is 0. The van der Waals surface area contributed by atoms with Crippen LogP contribution < -0.4 is 0 Å². The maximum absolute atomic E-state index is 11.4. The topological polar surface area (TPSA) is 29.5 Å². The minimum absolute atomic E-state index is 0.0577. The van der Waals surface area contributed by atoms with Crippen LogP contribution in [-0.2, 0) is 9.53 Å². The normalized spacial score (nSPS) is 11.1. The molecule has 0 radical (unpaired) electrons. The molecule has 0 spiro atoms. The monoisotopic (exact) mass is 327 g/mol. The van der Waals surface area contributed by atoms with Gasteiger partial charge in [-0.15, -0.1) is 0 Å². The molecule has 23 heavy (non-hydrogen) atoms. The van der Waals surface area contributed by atoms with Crippen LogP contribution in [0.1, 0.15) is 96.8 Å². The first-order chi connectivity index (χ1) is 11.2. The fourth-order valence-electron chi connectivity index (χ4n) is 2.69. The molecular weight excluding hydrogens is 286 g/mol. The molecule has 0 atom stereocenters. The van der Waals surface area contributed by atoms with Crippen LogP contribution in [0.25, 0.3) is 0 Å². The van der Waals surface area contributed by atoms with Gasteiger partial charge in [0.25, 0.3) is 0 Å². The van der Waals surface area contributed by atoms with Crippen LogP contribution in [-0.4, -0.2) is 38.1 Å². The molecule has 0 aromatic rings. The largest absolute Gasteiger partial charge is 0.466 e. The van der Waals surface area contributed by atoms with Gasteiger partial charge in [-0.1, -0.05) is 84.0 Å². The number of nitrogens with zero attached hydrogens (tertiary/aromatic N) is 1. The fourth-order valence-corrected chi connectivity index (χ4v) is 2.69. The van der Waals surface area contributed by atoms with Crippen LogP contribution in [0.2, 0.25) is 0 Å². The van der Waals surface area contributed by atoms with Gasteiger partial charge in [0.15, 0.2) is 0 Å². The van der Waals surface area contributed by atoms with Crippen molar-refractivity contribution in [3.63, 3.8) is 0 Å². The lowest BCUT2D eigenvalue weighted by atomic mass is 10.0. The number of hydrogen-bond acceptors (Lipinski definition) is 3. The quantitative estimate of drug-likeness (QED) is 0.258. The Morgan fingerprint density at radius 1 is 0.739 bits per heavy atom. The minimum Gasteiger partial charge on any atom is -0.466 e. The van der Waals surface area contributed by atoms with Crippen molar-refractivity contribution in [1.29, 1.82) is 0 Å². The molecule has 0 saturated heterocycles. The first kappa shape index (κ1) is 22.4. The highest BCUT2D eigenvalue weighted by molar-refractivity contribution is 5.69. The Kier molecular flexibility index (Phi) is 17.3. The Labute approximate surface area is 145 Å². The Morgan fingerprint density at radius 2 is 1.17 bits per heavy atom. The first-order valence-corrected chi connectivity index (χ1v) is 9.97. The van der Waals surface area contributed by atoms with Crippen LogP contribution in [0, 0.1) is 0 Å². The lowest BCUT2D eigenvalue weighted by Gasteiger charge is -2.09. The van der Waals surface area contributed by atoms with Gasteiger partial charge >= 0.3 is 5.97 Å². The minimum atomic E-state index is -0.0577. The molecule has 0 amide bonds. The van der Waals surface area contributed by atoms with Crippen molar-refractivity contribution in [3.8, 4) is 0 Å². The van der Waals surface area contributed by atoms with E-state index in [0.29, 0.717) is 13.0 Å². The van der Waals surface area contributed by atoms with Crippen molar-refractivity contribution in [1.82, 2.24) is 4.90 Å². The molecule has 0 aliphatic rings. The van der Waals surface area contributed by atoms with Gasteiger partial charge in [-0.2, -0.15) is 0 Å². The van der Waals surface area contributed by atoms with E-state index < -0.39 is 0 Å². The van der Waals surface area contributed by atoms with E-state index in [2.05, 4.69) is 6.92 Å². The number of hydrogen-bond donors (Lipinski definition) is 0. The molecule has 0 unspecified atom stereocenters. The summed E-state index contributed by atoms with van der Waals surface area (Å²) in [5.74, 6) is -0.0577. The number of carbonyl (C=O) groups is 1. The van der Waals surface area contributed by atoms with E-state index in [1.165, 1.54) is 77.0 Å². The van der Waals surface area contributed by atoms with Crippen LogP contribution in [0.5, 0.6) is 0 Å². The zero-order valence-electron chi connectivity index (χ0n) is 16.1. The van der Waals surface area contributed by atoms with E-state index in [4.69, 9.17) is 4.74 Å². The smallest absolute Gasteiger partial charge is 0.307 e. The summed E-state index contributed by atoms with van der Waals surface area (Å²) in [4.78, 5) is 13.4. The average Bonchev–Trinajstić information content (AvgIpc) is 2.53. The zero-order valence-corrected chi connectivity index (χ0v) is 16.1. The number of carbonyl (C=O) groups excluding carboxylic acids is 1. The third-order valence-corrected chi connectivity index (χ3v) is 4.27. The molecule has 0 aromatic heterocycles. The fraction of sp³-hybridized carbons (Fsp3) is 0.950. The van der Waals surface area contributed by atoms with Crippen molar-refractivity contribution < 1.29 is 9.53 Å². The van der Waals surface area contributed by atoms with Gasteiger partial charge in [0.1, 0.15) is 0 Å². The molecule has 3 heteroatoms. The predicted molar refractivity (Wildman–Crippen MR) is 99.8 cm³/mol. The molecule has 3 nitrogen and oxygen atoms in total. The van der Waals surface area contributed by atoms with Gasteiger partial charge in [0, 0.05) is 6.54 Å². The SMILES string of the molecule is CCCCCCCCCCCCCCCOC(=O)CCN(C)C. The Morgan fingerprint density at radius 3 is 1.61 bits per heavy atom. The number of rotatable bonds is 17. The van der Waals surface area contributed by atoms with Crippen LogP contribution in [0.3, 0.4) is 0 Å². The van der Waals surface area contributed by atoms with Crippen molar-refractivity contribution in [2.24, 2.45) is 0 Å². The van der Waals surface area contributed by atoms with Gasteiger partial charge in [0.05, 0.1) is 13.0 Å². The van der Waals surface area contributed by atoms with Gasteiger partial charge in [-0.3, -0.25) is 4.79 Å². The summed E-state index contributed by atoms with van der Waals surface area (Å²) in [5, 5.41) is 0. The number of esters is 1. The number of ether oxygens (including phenoxy) is 1. The highest BCUT2D eigenvalue weighted by Crippen LogP contribution is 2.12. The lowest BCUT2D eigenvalue weighted by Crippen LogP contribution is -2.18. The molecule has 0 aromatic carbocycles. The molecule has 0 saturated carbocycles. The standard InChI is InChI=1S/C20H41NO2/c1-4-5-6-7-8-9-10-11-12-13-14-15-16-19-23-20(22)17-18-21(2)3/h4-19H2,1-3H3. The van der Waals surface area contributed by atoms with Crippen molar-refractivity contribution in [3.05, 3.63) is 0 Å². The first-order valence-electron chi connectivity index (χ1n) is 9.97. The lowest BCUT2D eigenvalue weighted by molar-refractivity contribution is -0.144. The van der Waals surface area contributed by atoms with E-state index in [-0.39, 0.29) is 5.97 Å². The van der Waals surface area contributed by atoms with Crippen LogP contribution in [0.15, 0.2) is 0 Å². The zero-order chi connectivity index (χ0) is 17.2. The molecule has 0 aliphatic carbocycles. The molecule has 0 heterocycles. The van der Waals surface area contributed by atoms with Crippen molar-refractivity contribution >= 4 is 5.97 Å². The van der Waals surface area contributed by atoms with Gasteiger partial charge < -0.3 is 9.64 Å². The molecule has 138 valence electrons. The van der Waals surface area contributed by atoms with E-state index in [1.54, 1.807) is 0 Å². The molecule has 0 N–H and O–H groups in total. The summed E-state index contributed by atoms with van der Waals surface area (Å²) >= 11 is 0. The molecule has 0 rings (SSSR count). The van der Waals surface area contributed by atoms with E-state index in [9.17, 15) is 4.79 Å². The highest BCUT2D eigenvalue weighted by Gasteiger charge is 2.02. The average molecular weight is 328 g/mol. The van der Waals surface area contributed by atoms with Gasteiger partial charge in [0.2, 0.25) is 0 Å². The predicted octanol–water partition coefficient (Wildman–Crippen LogP) is 5.57. The number of unbranched alkanes of at least 4 members (excludes halogenated alkanes) is 12. The van der Waals surface area contributed by atoms with E-state index >= 15 is 0 Å². The van der Waals surface area contributed by atoms with Crippen molar-refractivity contribution in [2.75, 3.05) is 27.2 Å². The second-order valence-corrected chi connectivity index (χ2v) is 7.02. The summed E-state index contributed by atoms with van der Waals surface area (Å²) in [5.41, 5.74) is 0. The van der Waals surface area contributed by atoms with Crippen LogP contribution in [0.4, 0.5) is 0 Å². The third-order valence-electron chi connectivity index (χ3n) is 4.27. The molecule has 0 aliphatic heterocycles. The van der Waals surface area contributed by atoms with E-state index in [0.717, 1.165) is 13.0 Å². The molecular formula is C20H41NO2. The van der Waals surface area contributed by atoms with E-state index in [1.807, 2.05) is 19.0 Å². The highest BCUT2D eigenvalue weighted by atomic mass is 16.5. The maximum atomic E-state index is 11.4. The Balaban J connectivity index is 3.09. The Bertz CT molecular complexity index is 254. The second kappa shape index (κ2) is 17.8. The van der Waals surface area contributed by atoms with Gasteiger partial charge in [-0.05, 0) is 20.5 Å². The third kappa shape index (κ3) is 19.4. The second-order valence-electron chi connectivity index (χ2n) is 7.02.